The van der Waals surface area contributed by atoms with Gasteiger partial charge in [-0.25, -0.2) is 9.97 Å². The molecule has 0 saturated carbocycles. The molecular weight excluding hydrogens is 272 g/mol. The van der Waals surface area contributed by atoms with Gasteiger partial charge < -0.3 is 0 Å². The van der Waals surface area contributed by atoms with Gasteiger partial charge in [-0.05, 0) is 25.0 Å². The molecular formula is C14H12N4OS. The summed E-state index contributed by atoms with van der Waals surface area (Å²) >= 11 is 1.47. The molecule has 1 aromatic carbocycles. The van der Waals surface area contributed by atoms with E-state index in [2.05, 4.69) is 26.3 Å². The molecule has 20 heavy (non-hydrogen) atoms. The fraction of sp³-hybridized carbons (Fsp3) is 0.143. The smallest absolute Gasteiger partial charge is 0.277 e. The van der Waals surface area contributed by atoms with Crippen LogP contribution in [0.5, 0.6) is 0 Å². The quantitative estimate of drug-likeness (QED) is 0.785. The minimum absolute atomic E-state index is 0.278. The molecule has 0 spiro atoms. The van der Waals surface area contributed by atoms with Crippen LogP contribution in [-0.4, -0.2) is 20.9 Å². The zero-order valence-electron chi connectivity index (χ0n) is 11.0. The first-order chi connectivity index (χ1) is 9.65. The van der Waals surface area contributed by atoms with Gasteiger partial charge in [0.2, 0.25) is 0 Å². The molecule has 1 N–H and O–H groups in total. The number of benzene rings is 1. The molecule has 0 saturated heterocycles. The lowest BCUT2D eigenvalue weighted by Gasteiger charge is -1.98. The van der Waals surface area contributed by atoms with Gasteiger partial charge in [0, 0.05) is 12.4 Å². The molecule has 100 valence electrons. The van der Waals surface area contributed by atoms with E-state index in [-0.39, 0.29) is 11.6 Å². The van der Waals surface area contributed by atoms with E-state index in [1.54, 1.807) is 0 Å². The Labute approximate surface area is 119 Å². The number of thiazole rings is 1. The molecule has 3 rings (SSSR count). The van der Waals surface area contributed by atoms with Crippen molar-refractivity contribution >= 4 is 32.6 Å². The Kier molecular flexibility index (Phi) is 3.15. The first-order valence-electron chi connectivity index (χ1n) is 6.09. The maximum atomic E-state index is 12.0. The summed E-state index contributed by atoms with van der Waals surface area (Å²) in [5.41, 5.74) is 3.47. The molecule has 0 aliphatic heterocycles. The van der Waals surface area contributed by atoms with E-state index in [1.807, 2.05) is 19.9 Å². The predicted octanol–water partition coefficient (Wildman–Crippen LogP) is 2.96. The predicted molar refractivity (Wildman–Crippen MR) is 79.1 cm³/mol. The number of aromatic nitrogens is 3. The second-order valence-corrected chi connectivity index (χ2v) is 5.44. The van der Waals surface area contributed by atoms with Crippen LogP contribution in [0.1, 0.15) is 21.6 Å². The summed E-state index contributed by atoms with van der Waals surface area (Å²) in [6.07, 6.45) is 4.45. The molecule has 6 heteroatoms. The highest BCUT2D eigenvalue weighted by Gasteiger charge is 2.12. The number of amides is 1. The van der Waals surface area contributed by atoms with Crippen molar-refractivity contribution in [3.63, 3.8) is 0 Å². The molecule has 0 atom stereocenters. The number of nitrogens with one attached hydrogen (secondary N) is 1. The fourth-order valence-corrected chi connectivity index (χ4v) is 2.90. The molecule has 2 aromatic heterocycles. The summed E-state index contributed by atoms with van der Waals surface area (Å²) in [5, 5.41) is 3.34. The van der Waals surface area contributed by atoms with Crippen LogP contribution in [0.3, 0.4) is 0 Å². The number of carbonyl (C=O) groups excluding carboxylic acids is 1. The van der Waals surface area contributed by atoms with Gasteiger partial charge in [-0.15, -0.1) is 0 Å². The topological polar surface area (TPSA) is 67.8 Å². The standard InChI is InChI=1S/C14H12N4OS/c1-8-3-4-9(2)12-11(8)17-14(20-12)18-13(19)10-7-15-5-6-16-10/h3-7H,1-2H3,(H,17,18,19). The Hall–Kier alpha value is -2.34. The summed E-state index contributed by atoms with van der Waals surface area (Å²) in [5.74, 6) is -0.299. The summed E-state index contributed by atoms with van der Waals surface area (Å²) in [6, 6.07) is 4.09. The van der Waals surface area contributed by atoms with Gasteiger partial charge in [-0.3, -0.25) is 15.1 Å². The van der Waals surface area contributed by atoms with E-state index >= 15 is 0 Å². The van der Waals surface area contributed by atoms with Crippen molar-refractivity contribution in [3.05, 3.63) is 47.5 Å². The second-order valence-electron chi connectivity index (χ2n) is 4.44. The summed E-state index contributed by atoms with van der Waals surface area (Å²) < 4.78 is 1.10. The molecule has 0 radical (unpaired) electrons. The Bertz CT molecular complexity index is 743. The van der Waals surface area contributed by atoms with Gasteiger partial charge in [0.15, 0.2) is 5.13 Å². The zero-order valence-corrected chi connectivity index (χ0v) is 11.9. The zero-order chi connectivity index (χ0) is 14.1. The van der Waals surface area contributed by atoms with E-state index < -0.39 is 0 Å². The van der Waals surface area contributed by atoms with Crippen LogP contribution in [0.25, 0.3) is 10.2 Å². The third-order valence-electron chi connectivity index (χ3n) is 2.96. The monoisotopic (exact) mass is 284 g/mol. The van der Waals surface area contributed by atoms with Crippen LogP contribution >= 0.6 is 11.3 Å². The minimum atomic E-state index is -0.299. The van der Waals surface area contributed by atoms with Gasteiger partial charge in [0.05, 0.1) is 16.4 Å². The average molecular weight is 284 g/mol. The molecule has 3 aromatic rings. The lowest BCUT2D eigenvalue weighted by molar-refractivity contribution is 0.102. The number of nitrogens with zero attached hydrogens (tertiary/aromatic N) is 3. The largest absolute Gasteiger partial charge is 0.296 e. The maximum absolute atomic E-state index is 12.0. The number of fused-ring (bicyclic) bond motifs is 1. The SMILES string of the molecule is Cc1ccc(C)c2sc(NC(=O)c3cnccn3)nc12. The number of rotatable bonds is 2. The van der Waals surface area contributed by atoms with Crippen LogP contribution in [0.15, 0.2) is 30.7 Å². The van der Waals surface area contributed by atoms with Crippen molar-refractivity contribution in [2.75, 3.05) is 5.32 Å². The van der Waals surface area contributed by atoms with Crippen molar-refractivity contribution in [1.82, 2.24) is 15.0 Å². The molecule has 0 fully saturated rings. The van der Waals surface area contributed by atoms with Crippen LogP contribution in [-0.2, 0) is 0 Å². The van der Waals surface area contributed by atoms with Crippen molar-refractivity contribution in [2.45, 2.75) is 13.8 Å². The van der Waals surface area contributed by atoms with Gasteiger partial charge >= 0.3 is 0 Å². The third-order valence-corrected chi connectivity index (χ3v) is 4.06. The molecule has 0 aliphatic rings. The summed E-state index contributed by atoms with van der Waals surface area (Å²) in [7, 11) is 0. The number of hydrogen-bond acceptors (Lipinski definition) is 5. The van der Waals surface area contributed by atoms with Crippen molar-refractivity contribution in [1.29, 1.82) is 0 Å². The van der Waals surface area contributed by atoms with Crippen LogP contribution in [0, 0.1) is 13.8 Å². The van der Waals surface area contributed by atoms with Gasteiger partial charge in [0.1, 0.15) is 5.69 Å². The van der Waals surface area contributed by atoms with Crippen LogP contribution < -0.4 is 5.32 Å². The summed E-state index contributed by atoms with van der Waals surface area (Å²) in [4.78, 5) is 24.3. The molecule has 0 bridgehead atoms. The molecule has 2 heterocycles. The number of carbonyl (C=O) groups is 1. The first-order valence-corrected chi connectivity index (χ1v) is 6.91. The lowest BCUT2D eigenvalue weighted by atomic mass is 10.1. The van der Waals surface area contributed by atoms with E-state index in [0.717, 1.165) is 21.3 Å². The van der Waals surface area contributed by atoms with E-state index in [9.17, 15) is 4.79 Å². The summed E-state index contributed by atoms with van der Waals surface area (Å²) in [6.45, 7) is 4.05. The molecule has 0 aliphatic carbocycles. The van der Waals surface area contributed by atoms with Gasteiger partial charge in [-0.1, -0.05) is 23.5 Å². The van der Waals surface area contributed by atoms with E-state index in [0.29, 0.717) is 5.13 Å². The van der Waals surface area contributed by atoms with E-state index in [1.165, 1.54) is 29.9 Å². The fourth-order valence-electron chi connectivity index (χ4n) is 1.89. The highest BCUT2D eigenvalue weighted by molar-refractivity contribution is 7.22. The molecule has 0 unspecified atom stereocenters. The normalized spacial score (nSPS) is 10.7. The maximum Gasteiger partial charge on any atom is 0.277 e. The minimum Gasteiger partial charge on any atom is -0.296 e. The second kappa shape index (κ2) is 4.97. The third kappa shape index (κ3) is 2.25. The van der Waals surface area contributed by atoms with E-state index in [4.69, 9.17) is 0 Å². The number of hydrogen-bond donors (Lipinski definition) is 1. The van der Waals surface area contributed by atoms with Gasteiger partial charge in [0.25, 0.3) is 5.91 Å². The Balaban J connectivity index is 1.94. The van der Waals surface area contributed by atoms with Crippen LogP contribution in [0.2, 0.25) is 0 Å². The molecule has 1 amide bonds. The highest BCUT2D eigenvalue weighted by atomic mass is 32.1. The number of anilines is 1. The van der Waals surface area contributed by atoms with Gasteiger partial charge in [-0.2, -0.15) is 0 Å². The van der Waals surface area contributed by atoms with Crippen molar-refractivity contribution in [3.8, 4) is 0 Å². The number of aryl methyl sites for hydroxylation is 2. The Morgan fingerprint density at radius 1 is 1.20 bits per heavy atom. The molecule has 5 nitrogen and oxygen atoms in total. The Morgan fingerprint density at radius 2 is 2.00 bits per heavy atom. The average Bonchev–Trinajstić information content (AvgIpc) is 2.89. The highest BCUT2D eigenvalue weighted by Crippen LogP contribution is 2.30. The lowest BCUT2D eigenvalue weighted by Crippen LogP contribution is -2.13. The Morgan fingerprint density at radius 3 is 2.70 bits per heavy atom. The van der Waals surface area contributed by atoms with Crippen molar-refractivity contribution < 1.29 is 4.79 Å². The van der Waals surface area contributed by atoms with Crippen LogP contribution in [0.4, 0.5) is 5.13 Å². The first kappa shape index (κ1) is 12.7. The van der Waals surface area contributed by atoms with Crippen molar-refractivity contribution in [2.24, 2.45) is 0 Å².